The lowest BCUT2D eigenvalue weighted by Crippen LogP contribution is -2.07. The molecule has 3 rings (SSSR count). The van der Waals surface area contributed by atoms with E-state index >= 15 is 0 Å². The summed E-state index contributed by atoms with van der Waals surface area (Å²) >= 11 is 0. The second-order valence-electron chi connectivity index (χ2n) is 6.91. The Hall–Kier alpha value is -3.00. The summed E-state index contributed by atoms with van der Waals surface area (Å²) in [6.45, 7) is 9.99. The van der Waals surface area contributed by atoms with Gasteiger partial charge < -0.3 is 0 Å². The summed E-state index contributed by atoms with van der Waals surface area (Å²) < 4.78 is 16.2. The third kappa shape index (κ3) is 3.11. The first-order valence-corrected chi connectivity index (χ1v) is 8.57. The summed E-state index contributed by atoms with van der Waals surface area (Å²) in [7, 11) is 0. The van der Waals surface area contributed by atoms with Crippen LogP contribution in [0.2, 0.25) is 0 Å². The summed E-state index contributed by atoms with van der Waals surface area (Å²) in [4.78, 5) is 4.07. The van der Waals surface area contributed by atoms with Crippen LogP contribution in [0.25, 0.3) is 16.9 Å². The van der Waals surface area contributed by atoms with Gasteiger partial charge in [0.1, 0.15) is 11.8 Å². The molecule has 132 valence electrons. The van der Waals surface area contributed by atoms with Crippen LogP contribution in [-0.2, 0) is 0 Å². The minimum absolute atomic E-state index is 0.131. The zero-order valence-corrected chi connectivity index (χ0v) is 15.6. The first-order valence-electron chi connectivity index (χ1n) is 8.57. The highest BCUT2D eigenvalue weighted by Crippen LogP contribution is 2.31. The topological polar surface area (TPSA) is 54.5 Å². The summed E-state index contributed by atoms with van der Waals surface area (Å²) in [6, 6.07) is 11.4. The van der Waals surface area contributed by atoms with Crippen molar-refractivity contribution < 1.29 is 4.39 Å². The Labute approximate surface area is 152 Å². The zero-order chi connectivity index (χ0) is 19.0. The predicted molar refractivity (Wildman–Crippen MR) is 99.8 cm³/mol. The Bertz CT molecular complexity index is 1000. The molecule has 5 heteroatoms. The van der Waals surface area contributed by atoms with Gasteiger partial charge in [-0.2, -0.15) is 14.8 Å². The van der Waals surface area contributed by atoms with E-state index in [1.54, 1.807) is 18.2 Å². The van der Waals surface area contributed by atoms with Gasteiger partial charge >= 0.3 is 0 Å². The molecule has 0 radical (unpaired) electrons. The van der Waals surface area contributed by atoms with Crippen LogP contribution in [-0.4, -0.2) is 14.8 Å². The number of hydrogen-bond acceptors (Lipinski definition) is 3. The summed E-state index contributed by atoms with van der Waals surface area (Å²) in [5.74, 6) is -0.459. The molecule has 0 atom stereocenters. The molecule has 0 saturated carbocycles. The maximum atomic E-state index is 14.7. The molecule has 0 bridgehead atoms. The SMILES string of the molecule is Cc1cc(C)c(-c2cc(C#N)nn2-c2ccc(C(C)C)nc2F)c(C)c1. The van der Waals surface area contributed by atoms with Gasteiger partial charge in [-0.25, -0.2) is 9.67 Å². The molecule has 0 aliphatic heterocycles. The lowest BCUT2D eigenvalue weighted by atomic mass is 9.97. The number of nitrogens with zero attached hydrogens (tertiary/aromatic N) is 4. The summed E-state index contributed by atoms with van der Waals surface area (Å²) in [6.07, 6.45) is 0. The fraction of sp³-hybridized carbons (Fsp3) is 0.286. The molecular formula is C21H21FN4. The fourth-order valence-corrected chi connectivity index (χ4v) is 3.30. The minimum Gasteiger partial charge on any atom is -0.227 e. The number of halogens is 1. The molecule has 0 aliphatic rings. The molecule has 0 spiro atoms. The van der Waals surface area contributed by atoms with Crippen molar-refractivity contribution >= 4 is 0 Å². The molecule has 0 amide bonds. The van der Waals surface area contributed by atoms with Crippen molar-refractivity contribution in [2.45, 2.75) is 40.5 Å². The second kappa shape index (κ2) is 6.72. The van der Waals surface area contributed by atoms with Crippen LogP contribution in [0.15, 0.2) is 30.3 Å². The van der Waals surface area contributed by atoms with E-state index in [0.717, 1.165) is 22.3 Å². The normalized spacial score (nSPS) is 11.0. The van der Waals surface area contributed by atoms with Gasteiger partial charge in [0, 0.05) is 17.3 Å². The van der Waals surface area contributed by atoms with Gasteiger partial charge in [-0.05, 0) is 49.9 Å². The third-order valence-electron chi connectivity index (χ3n) is 4.43. The maximum Gasteiger partial charge on any atom is 0.239 e. The van der Waals surface area contributed by atoms with Gasteiger partial charge in [0.2, 0.25) is 5.95 Å². The quantitative estimate of drug-likeness (QED) is 0.626. The van der Waals surface area contributed by atoms with E-state index < -0.39 is 5.95 Å². The molecule has 3 aromatic rings. The number of rotatable bonds is 3. The standard InChI is InChI=1S/C21H21FN4/c1-12(2)17-6-7-18(21(22)24-17)26-19(10-16(11-23)25-26)20-14(4)8-13(3)9-15(20)5/h6-10,12H,1-5H3. The van der Waals surface area contributed by atoms with Crippen molar-refractivity contribution in [3.63, 3.8) is 0 Å². The van der Waals surface area contributed by atoms with Crippen LogP contribution < -0.4 is 0 Å². The summed E-state index contributed by atoms with van der Waals surface area (Å²) in [5, 5.41) is 13.6. The molecule has 2 heterocycles. The fourth-order valence-electron chi connectivity index (χ4n) is 3.30. The monoisotopic (exact) mass is 348 g/mol. The van der Waals surface area contributed by atoms with Crippen molar-refractivity contribution in [3.8, 4) is 23.0 Å². The van der Waals surface area contributed by atoms with E-state index in [4.69, 9.17) is 0 Å². The van der Waals surface area contributed by atoms with Gasteiger partial charge in [-0.1, -0.05) is 31.5 Å². The van der Waals surface area contributed by atoms with E-state index in [-0.39, 0.29) is 17.3 Å². The maximum absolute atomic E-state index is 14.7. The van der Waals surface area contributed by atoms with Crippen molar-refractivity contribution in [1.29, 1.82) is 5.26 Å². The van der Waals surface area contributed by atoms with Crippen molar-refractivity contribution in [1.82, 2.24) is 14.8 Å². The van der Waals surface area contributed by atoms with Gasteiger partial charge in [0.05, 0.1) is 5.69 Å². The Morgan fingerprint density at radius 3 is 2.27 bits per heavy atom. The summed E-state index contributed by atoms with van der Waals surface area (Å²) in [5.41, 5.74) is 6.08. The molecule has 4 nitrogen and oxygen atoms in total. The average Bonchev–Trinajstić information content (AvgIpc) is 2.97. The molecular weight excluding hydrogens is 327 g/mol. The molecule has 0 aliphatic carbocycles. The first kappa shape index (κ1) is 17.8. The van der Waals surface area contributed by atoms with Gasteiger partial charge in [-0.15, -0.1) is 0 Å². The highest BCUT2D eigenvalue weighted by atomic mass is 19.1. The Balaban J connectivity index is 2.26. The molecule has 0 fully saturated rings. The number of benzene rings is 1. The van der Waals surface area contributed by atoms with Crippen LogP contribution >= 0.6 is 0 Å². The van der Waals surface area contributed by atoms with E-state index in [1.165, 1.54) is 4.68 Å². The van der Waals surface area contributed by atoms with Gasteiger partial charge in [-0.3, -0.25) is 0 Å². The van der Waals surface area contributed by atoms with Crippen molar-refractivity contribution in [3.05, 3.63) is 64.4 Å². The average molecular weight is 348 g/mol. The first-order chi connectivity index (χ1) is 12.3. The second-order valence-corrected chi connectivity index (χ2v) is 6.91. The van der Waals surface area contributed by atoms with E-state index in [0.29, 0.717) is 11.4 Å². The van der Waals surface area contributed by atoms with Crippen LogP contribution in [0.4, 0.5) is 4.39 Å². The van der Waals surface area contributed by atoms with Crippen LogP contribution in [0.5, 0.6) is 0 Å². The van der Waals surface area contributed by atoms with Gasteiger partial charge in [0.15, 0.2) is 5.69 Å². The van der Waals surface area contributed by atoms with Crippen LogP contribution in [0, 0.1) is 38.1 Å². The minimum atomic E-state index is -0.590. The molecule has 0 N–H and O–H groups in total. The number of aromatic nitrogens is 3. The third-order valence-corrected chi connectivity index (χ3v) is 4.43. The predicted octanol–water partition coefficient (Wildman–Crippen LogP) is 4.99. The molecule has 26 heavy (non-hydrogen) atoms. The smallest absolute Gasteiger partial charge is 0.227 e. The Morgan fingerprint density at radius 2 is 1.73 bits per heavy atom. The highest BCUT2D eigenvalue weighted by molar-refractivity contribution is 5.71. The van der Waals surface area contributed by atoms with Crippen LogP contribution in [0.3, 0.4) is 0 Å². The number of pyridine rings is 1. The number of aryl methyl sites for hydroxylation is 3. The number of nitriles is 1. The Morgan fingerprint density at radius 1 is 1.08 bits per heavy atom. The molecule has 2 aromatic heterocycles. The largest absolute Gasteiger partial charge is 0.239 e. The zero-order valence-electron chi connectivity index (χ0n) is 15.6. The van der Waals surface area contributed by atoms with E-state index in [9.17, 15) is 9.65 Å². The molecule has 1 aromatic carbocycles. The molecule has 0 unspecified atom stereocenters. The van der Waals surface area contributed by atoms with Crippen molar-refractivity contribution in [2.24, 2.45) is 0 Å². The van der Waals surface area contributed by atoms with Gasteiger partial charge in [0.25, 0.3) is 0 Å². The Kier molecular flexibility index (Phi) is 4.60. The van der Waals surface area contributed by atoms with Crippen molar-refractivity contribution in [2.75, 3.05) is 0 Å². The highest BCUT2D eigenvalue weighted by Gasteiger charge is 2.19. The van der Waals surface area contributed by atoms with E-state index in [2.05, 4.69) is 28.3 Å². The van der Waals surface area contributed by atoms with Crippen LogP contribution in [0.1, 0.15) is 47.8 Å². The number of hydrogen-bond donors (Lipinski definition) is 0. The lowest BCUT2D eigenvalue weighted by molar-refractivity contribution is 0.558. The lowest BCUT2D eigenvalue weighted by Gasteiger charge is -2.14. The van der Waals surface area contributed by atoms with E-state index in [1.807, 2.05) is 34.6 Å². The molecule has 0 saturated heterocycles.